The van der Waals surface area contributed by atoms with Crippen molar-refractivity contribution in [2.45, 2.75) is 65.2 Å². The molecule has 2 rings (SSSR count). The summed E-state index contributed by atoms with van der Waals surface area (Å²) in [6.45, 7) is 10.1. The largest absolute Gasteiger partial charge is 0.375 e. The molecule has 2 nitrogen and oxygen atoms in total. The maximum atomic E-state index is 6.06. The second-order valence-corrected chi connectivity index (χ2v) is 6.57. The first-order valence-corrected chi connectivity index (χ1v) is 8.56. The quantitative estimate of drug-likeness (QED) is 0.817. The standard InChI is InChI=1S/C19H31NO/c1-5-13-20-18(12-11-17-9-7-6-8-10-17)19-14(2)15(3)21-16(19)4/h6-10,14-16,18-20H,5,11-13H2,1-4H3. The van der Waals surface area contributed by atoms with Gasteiger partial charge in [-0.2, -0.15) is 0 Å². The second-order valence-electron chi connectivity index (χ2n) is 6.57. The lowest BCUT2D eigenvalue weighted by atomic mass is 9.81. The maximum Gasteiger partial charge on any atom is 0.0597 e. The molecule has 0 radical (unpaired) electrons. The van der Waals surface area contributed by atoms with Crippen LogP contribution in [0.15, 0.2) is 30.3 Å². The van der Waals surface area contributed by atoms with Gasteiger partial charge >= 0.3 is 0 Å². The first-order valence-electron chi connectivity index (χ1n) is 8.56. The Morgan fingerprint density at radius 1 is 1.10 bits per heavy atom. The van der Waals surface area contributed by atoms with Crippen molar-refractivity contribution in [2.24, 2.45) is 11.8 Å². The van der Waals surface area contributed by atoms with Crippen molar-refractivity contribution < 1.29 is 4.74 Å². The Hall–Kier alpha value is -0.860. The molecule has 2 heteroatoms. The van der Waals surface area contributed by atoms with E-state index in [0.29, 0.717) is 30.1 Å². The summed E-state index contributed by atoms with van der Waals surface area (Å²) in [5, 5.41) is 3.78. The summed E-state index contributed by atoms with van der Waals surface area (Å²) in [5.41, 5.74) is 1.44. The monoisotopic (exact) mass is 289 g/mol. The molecule has 0 spiro atoms. The van der Waals surface area contributed by atoms with Crippen molar-refractivity contribution in [3.8, 4) is 0 Å². The Labute approximate surface area is 130 Å². The summed E-state index contributed by atoms with van der Waals surface area (Å²) in [7, 11) is 0. The Kier molecular flexibility index (Phi) is 6.25. The molecule has 0 bridgehead atoms. The highest BCUT2D eigenvalue weighted by molar-refractivity contribution is 5.15. The zero-order valence-corrected chi connectivity index (χ0v) is 14.0. The number of aryl methyl sites for hydroxylation is 1. The van der Waals surface area contributed by atoms with Gasteiger partial charge in [-0.05, 0) is 51.1 Å². The Morgan fingerprint density at radius 3 is 2.38 bits per heavy atom. The lowest BCUT2D eigenvalue weighted by molar-refractivity contribution is 0.0472. The third-order valence-corrected chi connectivity index (χ3v) is 5.03. The number of benzene rings is 1. The highest BCUT2D eigenvalue weighted by Crippen LogP contribution is 2.35. The molecule has 1 aliphatic rings. The van der Waals surface area contributed by atoms with Gasteiger partial charge in [-0.3, -0.25) is 0 Å². The summed E-state index contributed by atoms with van der Waals surface area (Å²) in [4.78, 5) is 0. The van der Waals surface area contributed by atoms with Crippen LogP contribution < -0.4 is 5.32 Å². The van der Waals surface area contributed by atoms with E-state index in [9.17, 15) is 0 Å². The second kappa shape index (κ2) is 7.95. The van der Waals surface area contributed by atoms with Crippen LogP contribution in [0, 0.1) is 11.8 Å². The molecule has 118 valence electrons. The number of nitrogens with one attached hydrogen (secondary N) is 1. The van der Waals surface area contributed by atoms with Crippen LogP contribution in [0.3, 0.4) is 0 Å². The molecule has 1 fully saturated rings. The van der Waals surface area contributed by atoms with Crippen LogP contribution in [0.25, 0.3) is 0 Å². The number of ether oxygens (including phenoxy) is 1. The summed E-state index contributed by atoms with van der Waals surface area (Å²) in [6.07, 6.45) is 4.27. The average Bonchev–Trinajstić information content (AvgIpc) is 2.74. The average molecular weight is 289 g/mol. The molecule has 1 aromatic carbocycles. The molecule has 1 heterocycles. The summed E-state index contributed by atoms with van der Waals surface area (Å²) in [6, 6.07) is 11.4. The molecular formula is C19H31NO. The van der Waals surface area contributed by atoms with E-state index < -0.39 is 0 Å². The fraction of sp³-hybridized carbons (Fsp3) is 0.684. The number of rotatable bonds is 7. The molecule has 1 aromatic rings. The highest BCUT2D eigenvalue weighted by Gasteiger charge is 2.41. The van der Waals surface area contributed by atoms with E-state index in [0.717, 1.165) is 13.0 Å². The fourth-order valence-electron chi connectivity index (χ4n) is 3.71. The van der Waals surface area contributed by atoms with E-state index in [1.54, 1.807) is 0 Å². The normalized spacial score (nSPS) is 30.5. The van der Waals surface area contributed by atoms with Gasteiger partial charge in [0.15, 0.2) is 0 Å². The van der Waals surface area contributed by atoms with Crippen molar-refractivity contribution in [3.05, 3.63) is 35.9 Å². The molecular weight excluding hydrogens is 258 g/mol. The van der Waals surface area contributed by atoms with Gasteiger partial charge in [-0.15, -0.1) is 0 Å². The van der Waals surface area contributed by atoms with Crippen LogP contribution in [0.5, 0.6) is 0 Å². The van der Waals surface area contributed by atoms with E-state index >= 15 is 0 Å². The van der Waals surface area contributed by atoms with Crippen molar-refractivity contribution in [1.29, 1.82) is 0 Å². The number of hydrogen-bond donors (Lipinski definition) is 1. The zero-order chi connectivity index (χ0) is 15.2. The zero-order valence-electron chi connectivity index (χ0n) is 14.0. The van der Waals surface area contributed by atoms with Gasteiger partial charge in [0.1, 0.15) is 0 Å². The Balaban J connectivity index is 2.00. The Morgan fingerprint density at radius 2 is 1.81 bits per heavy atom. The van der Waals surface area contributed by atoms with E-state index in [4.69, 9.17) is 4.74 Å². The number of hydrogen-bond acceptors (Lipinski definition) is 2. The molecule has 1 saturated heterocycles. The highest BCUT2D eigenvalue weighted by atomic mass is 16.5. The third kappa shape index (κ3) is 4.31. The first kappa shape index (κ1) is 16.5. The van der Waals surface area contributed by atoms with Crippen LogP contribution in [-0.4, -0.2) is 24.8 Å². The molecule has 0 amide bonds. The molecule has 5 unspecified atom stereocenters. The Bertz CT molecular complexity index is 405. The SMILES string of the molecule is CCCNC(CCc1ccccc1)C1C(C)OC(C)C1C. The summed E-state index contributed by atoms with van der Waals surface area (Å²) in [5.74, 6) is 1.25. The van der Waals surface area contributed by atoms with Crippen LogP contribution in [0.2, 0.25) is 0 Å². The van der Waals surface area contributed by atoms with Gasteiger partial charge in [-0.1, -0.05) is 44.2 Å². The van der Waals surface area contributed by atoms with Gasteiger partial charge in [-0.25, -0.2) is 0 Å². The van der Waals surface area contributed by atoms with Gasteiger partial charge in [0.05, 0.1) is 12.2 Å². The van der Waals surface area contributed by atoms with Crippen molar-refractivity contribution in [2.75, 3.05) is 6.54 Å². The molecule has 1 aliphatic heterocycles. The van der Waals surface area contributed by atoms with Crippen LogP contribution in [0.4, 0.5) is 0 Å². The van der Waals surface area contributed by atoms with E-state index in [2.05, 4.69) is 63.3 Å². The van der Waals surface area contributed by atoms with Crippen molar-refractivity contribution in [1.82, 2.24) is 5.32 Å². The van der Waals surface area contributed by atoms with Crippen LogP contribution in [-0.2, 0) is 11.2 Å². The van der Waals surface area contributed by atoms with Gasteiger partial charge in [0.25, 0.3) is 0 Å². The van der Waals surface area contributed by atoms with Gasteiger partial charge < -0.3 is 10.1 Å². The predicted molar refractivity (Wildman–Crippen MR) is 89.5 cm³/mol. The van der Waals surface area contributed by atoms with Gasteiger partial charge in [0.2, 0.25) is 0 Å². The minimum absolute atomic E-state index is 0.361. The fourth-order valence-corrected chi connectivity index (χ4v) is 3.71. The van der Waals surface area contributed by atoms with Crippen molar-refractivity contribution in [3.63, 3.8) is 0 Å². The van der Waals surface area contributed by atoms with E-state index in [-0.39, 0.29) is 0 Å². The van der Waals surface area contributed by atoms with Gasteiger partial charge in [0, 0.05) is 12.0 Å². The predicted octanol–water partition coefficient (Wildman–Crippen LogP) is 4.05. The van der Waals surface area contributed by atoms with Crippen molar-refractivity contribution >= 4 is 0 Å². The lowest BCUT2D eigenvalue weighted by Crippen LogP contribution is -2.42. The molecule has 0 aromatic heterocycles. The smallest absolute Gasteiger partial charge is 0.0597 e. The molecule has 0 aliphatic carbocycles. The maximum absolute atomic E-state index is 6.06. The summed E-state index contributed by atoms with van der Waals surface area (Å²) < 4.78 is 6.06. The minimum Gasteiger partial charge on any atom is -0.375 e. The van der Waals surface area contributed by atoms with E-state index in [1.807, 2.05) is 0 Å². The summed E-state index contributed by atoms with van der Waals surface area (Å²) >= 11 is 0. The molecule has 1 N–H and O–H groups in total. The minimum atomic E-state index is 0.361. The first-order chi connectivity index (χ1) is 10.1. The van der Waals surface area contributed by atoms with Crippen LogP contribution in [0.1, 0.15) is 46.1 Å². The molecule has 5 atom stereocenters. The topological polar surface area (TPSA) is 21.3 Å². The van der Waals surface area contributed by atoms with E-state index in [1.165, 1.54) is 18.4 Å². The lowest BCUT2D eigenvalue weighted by Gasteiger charge is -2.30. The third-order valence-electron chi connectivity index (χ3n) is 5.03. The molecule has 21 heavy (non-hydrogen) atoms. The molecule has 0 saturated carbocycles. The van der Waals surface area contributed by atoms with Crippen LogP contribution >= 0.6 is 0 Å².